The van der Waals surface area contributed by atoms with Crippen molar-refractivity contribution in [2.75, 3.05) is 17.7 Å². The Labute approximate surface area is 105 Å². The van der Waals surface area contributed by atoms with E-state index in [1.54, 1.807) is 17.5 Å². The summed E-state index contributed by atoms with van der Waals surface area (Å²) < 4.78 is 0. The van der Waals surface area contributed by atoms with Crippen LogP contribution in [0.4, 0.5) is 11.5 Å². The lowest BCUT2D eigenvalue weighted by atomic mass is 10.2. The van der Waals surface area contributed by atoms with Crippen molar-refractivity contribution in [2.45, 2.75) is 20.4 Å². The van der Waals surface area contributed by atoms with Gasteiger partial charge in [0.05, 0.1) is 29.1 Å². The van der Waals surface area contributed by atoms with Crippen molar-refractivity contribution in [2.24, 2.45) is 0 Å². The number of anilines is 2. The fourth-order valence-corrected chi connectivity index (χ4v) is 2.39. The molecule has 0 unspecified atom stereocenters. The molecule has 0 bridgehead atoms. The highest BCUT2D eigenvalue weighted by Gasteiger charge is 2.08. The molecule has 0 aromatic carbocycles. The van der Waals surface area contributed by atoms with Crippen LogP contribution >= 0.6 is 11.3 Å². The molecule has 0 aliphatic heterocycles. The van der Waals surface area contributed by atoms with Gasteiger partial charge >= 0.3 is 0 Å². The number of nitrogens with two attached hydrogens (primary N) is 1. The molecule has 2 aromatic rings. The number of aromatic nitrogens is 2. The fourth-order valence-electron chi connectivity index (χ4n) is 1.79. The summed E-state index contributed by atoms with van der Waals surface area (Å²) in [6.07, 6.45) is 1.69. The van der Waals surface area contributed by atoms with Gasteiger partial charge in [-0.2, -0.15) is 0 Å². The fraction of sp³-hybridized carbons (Fsp3) is 0.333. The molecule has 5 heteroatoms. The molecule has 0 radical (unpaired) electrons. The Morgan fingerprint density at radius 3 is 2.76 bits per heavy atom. The number of hydrogen-bond donors (Lipinski definition) is 1. The first-order chi connectivity index (χ1) is 8.06. The topological polar surface area (TPSA) is 55.0 Å². The second-order valence-electron chi connectivity index (χ2n) is 4.12. The van der Waals surface area contributed by atoms with Crippen LogP contribution in [0.25, 0.3) is 0 Å². The number of nitrogen functional groups attached to an aromatic ring is 1. The third-order valence-electron chi connectivity index (χ3n) is 2.50. The van der Waals surface area contributed by atoms with Crippen LogP contribution in [0.5, 0.6) is 0 Å². The first-order valence-electron chi connectivity index (χ1n) is 5.40. The van der Waals surface area contributed by atoms with E-state index in [0.717, 1.165) is 28.6 Å². The summed E-state index contributed by atoms with van der Waals surface area (Å²) in [5.41, 5.74) is 8.55. The van der Waals surface area contributed by atoms with Crippen LogP contribution in [0.3, 0.4) is 0 Å². The molecule has 0 amide bonds. The van der Waals surface area contributed by atoms with Gasteiger partial charge in [-0.3, -0.25) is 0 Å². The highest BCUT2D eigenvalue weighted by molar-refractivity contribution is 7.09. The number of thiazole rings is 1. The van der Waals surface area contributed by atoms with E-state index in [0.29, 0.717) is 5.69 Å². The maximum absolute atomic E-state index is 5.69. The third kappa shape index (κ3) is 2.74. The van der Waals surface area contributed by atoms with Gasteiger partial charge in [0, 0.05) is 12.4 Å². The SMILES string of the molecule is Cc1nc(CN(C)c2ncc(N)cc2C)cs1. The van der Waals surface area contributed by atoms with E-state index in [1.807, 2.05) is 27.0 Å². The Morgan fingerprint density at radius 2 is 2.18 bits per heavy atom. The number of pyridine rings is 1. The minimum atomic E-state index is 0.698. The van der Waals surface area contributed by atoms with Gasteiger partial charge in [0.25, 0.3) is 0 Å². The van der Waals surface area contributed by atoms with E-state index in [9.17, 15) is 0 Å². The Morgan fingerprint density at radius 1 is 1.41 bits per heavy atom. The lowest BCUT2D eigenvalue weighted by Crippen LogP contribution is -2.19. The number of hydrogen-bond acceptors (Lipinski definition) is 5. The van der Waals surface area contributed by atoms with Crippen molar-refractivity contribution in [3.05, 3.63) is 33.9 Å². The molecule has 2 aromatic heterocycles. The molecule has 0 aliphatic rings. The van der Waals surface area contributed by atoms with Crippen molar-refractivity contribution >= 4 is 22.8 Å². The van der Waals surface area contributed by atoms with Crippen LogP contribution in [-0.4, -0.2) is 17.0 Å². The Hall–Kier alpha value is -1.62. The molecule has 0 aliphatic carbocycles. The normalized spacial score (nSPS) is 10.5. The van der Waals surface area contributed by atoms with Crippen LogP contribution in [0.2, 0.25) is 0 Å². The Kier molecular flexibility index (Phi) is 3.28. The molecule has 4 nitrogen and oxygen atoms in total. The highest BCUT2D eigenvalue weighted by Crippen LogP contribution is 2.20. The summed E-state index contributed by atoms with van der Waals surface area (Å²) in [7, 11) is 2.01. The summed E-state index contributed by atoms with van der Waals surface area (Å²) in [5.74, 6) is 0.949. The molecular formula is C12H16N4S. The van der Waals surface area contributed by atoms with Gasteiger partial charge in [0.2, 0.25) is 0 Å². The number of rotatable bonds is 3. The maximum atomic E-state index is 5.69. The first kappa shape index (κ1) is 11.9. The van der Waals surface area contributed by atoms with Gasteiger partial charge in [0.1, 0.15) is 5.82 Å². The van der Waals surface area contributed by atoms with E-state index in [1.165, 1.54) is 0 Å². The van der Waals surface area contributed by atoms with Crippen molar-refractivity contribution in [1.82, 2.24) is 9.97 Å². The third-order valence-corrected chi connectivity index (χ3v) is 3.32. The average molecular weight is 248 g/mol. The minimum absolute atomic E-state index is 0.698. The smallest absolute Gasteiger partial charge is 0.131 e. The van der Waals surface area contributed by atoms with E-state index < -0.39 is 0 Å². The zero-order valence-corrected chi connectivity index (χ0v) is 11.1. The van der Waals surface area contributed by atoms with Gasteiger partial charge in [-0.15, -0.1) is 11.3 Å². The predicted octanol–water partition coefficient (Wildman–Crippen LogP) is 2.37. The van der Waals surface area contributed by atoms with Crippen molar-refractivity contribution in [1.29, 1.82) is 0 Å². The first-order valence-corrected chi connectivity index (χ1v) is 6.28. The van der Waals surface area contributed by atoms with Gasteiger partial charge in [-0.25, -0.2) is 9.97 Å². The highest BCUT2D eigenvalue weighted by atomic mass is 32.1. The molecule has 2 heterocycles. The number of aryl methyl sites for hydroxylation is 2. The van der Waals surface area contributed by atoms with Crippen molar-refractivity contribution in [3.8, 4) is 0 Å². The lowest BCUT2D eigenvalue weighted by Gasteiger charge is -2.19. The van der Waals surface area contributed by atoms with Crippen molar-refractivity contribution in [3.63, 3.8) is 0 Å². The zero-order chi connectivity index (χ0) is 12.4. The molecule has 0 atom stereocenters. The van der Waals surface area contributed by atoms with Crippen LogP contribution in [0.1, 0.15) is 16.3 Å². The zero-order valence-electron chi connectivity index (χ0n) is 10.3. The molecule has 0 saturated heterocycles. The minimum Gasteiger partial charge on any atom is -0.397 e. The Balaban J connectivity index is 2.17. The molecule has 0 fully saturated rings. The van der Waals surface area contributed by atoms with Gasteiger partial charge in [-0.1, -0.05) is 0 Å². The molecular weight excluding hydrogens is 232 g/mol. The van der Waals surface area contributed by atoms with E-state index in [2.05, 4.69) is 20.2 Å². The molecule has 17 heavy (non-hydrogen) atoms. The van der Waals surface area contributed by atoms with Crippen LogP contribution in [0.15, 0.2) is 17.6 Å². The standard InChI is InChI=1S/C12H16N4S/c1-8-4-10(13)5-14-12(8)16(3)6-11-7-17-9(2)15-11/h4-5,7H,6,13H2,1-3H3. The maximum Gasteiger partial charge on any atom is 0.131 e. The predicted molar refractivity (Wildman–Crippen MR) is 72.3 cm³/mol. The quantitative estimate of drug-likeness (QED) is 0.906. The molecule has 90 valence electrons. The van der Waals surface area contributed by atoms with Gasteiger partial charge < -0.3 is 10.6 Å². The van der Waals surface area contributed by atoms with Gasteiger partial charge in [-0.05, 0) is 25.5 Å². The lowest BCUT2D eigenvalue weighted by molar-refractivity contribution is 0.865. The number of nitrogens with zero attached hydrogens (tertiary/aromatic N) is 3. The van der Waals surface area contributed by atoms with Crippen molar-refractivity contribution < 1.29 is 0 Å². The summed E-state index contributed by atoms with van der Waals surface area (Å²) >= 11 is 1.67. The second kappa shape index (κ2) is 4.71. The summed E-state index contributed by atoms with van der Waals surface area (Å²) in [6.45, 7) is 4.80. The van der Waals surface area contributed by atoms with E-state index >= 15 is 0 Å². The molecule has 2 N–H and O–H groups in total. The van der Waals surface area contributed by atoms with Gasteiger partial charge in [0.15, 0.2) is 0 Å². The van der Waals surface area contributed by atoms with Crippen LogP contribution in [-0.2, 0) is 6.54 Å². The van der Waals surface area contributed by atoms with Crippen LogP contribution in [0, 0.1) is 13.8 Å². The van der Waals surface area contributed by atoms with E-state index in [-0.39, 0.29) is 0 Å². The summed E-state index contributed by atoms with van der Waals surface area (Å²) in [4.78, 5) is 10.9. The molecule has 0 spiro atoms. The van der Waals surface area contributed by atoms with E-state index in [4.69, 9.17) is 5.73 Å². The monoisotopic (exact) mass is 248 g/mol. The average Bonchev–Trinajstić information content (AvgIpc) is 2.63. The Bertz CT molecular complexity index is 521. The largest absolute Gasteiger partial charge is 0.397 e. The second-order valence-corrected chi connectivity index (χ2v) is 5.19. The molecule has 2 rings (SSSR count). The summed E-state index contributed by atoms with van der Waals surface area (Å²) in [6, 6.07) is 1.94. The van der Waals surface area contributed by atoms with Crippen LogP contribution < -0.4 is 10.6 Å². The molecule has 0 saturated carbocycles. The summed E-state index contributed by atoms with van der Waals surface area (Å²) in [5, 5.41) is 3.17.